The highest BCUT2D eigenvalue weighted by molar-refractivity contribution is 7.55. The second kappa shape index (κ2) is 2.76. The lowest BCUT2D eigenvalue weighted by atomic mass is 12.9. The molecular weight excluding hydrogens is 149 g/mol. The van der Waals surface area contributed by atoms with E-state index in [9.17, 15) is 0 Å². The quantitative estimate of drug-likeness (QED) is 0.424. The Kier molecular flexibility index (Phi) is 2.24. The summed E-state index contributed by atoms with van der Waals surface area (Å²) in [5, 5.41) is 0. The molecule has 0 aromatic carbocycles. The van der Waals surface area contributed by atoms with Gasteiger partial charge < -0.3 is 0 Å². The van der Waals surface area contributed by atoms with Gasteiger partial charge in [-0.05, 0) is 0 Å². The van der Waals surface area contributed by atoms with Crippen LogP contribution in [0.5, 0.6) is 0 Å². The van der Waals surface area contributed by atoms with E-state index in [0.29, 0.717) is 8.88 Å². The number of nitrogens with zero attached hydrogens (tertiary/aromatic N) is 3. The van der Waals surface area contributed by atoms with Crippen LogP contribution in [0.15, 0.2) is 9.03 Å². The number of hydrazine groups is 1. The van der Waals surface area contributed by atoms with Crippen molar-refractivity contribution in [1.29, 1.82) is 0 Å². The Balaban J connectivity index is 2.49. The number of rotatable bonds is 0. The van der Waals surface area contributed by atoms with Crippen LogP contribution in [0, 0.1) is 0 Å². The summed E-state index contributed by atoms with van der Waals surface area (Å²) >= 11 is 0. The van der Waals surface area contributed by atoms with Gasteiger partial charge >= 0.3 is 0 Å². The van der Waals surface area contributed by atoms with E-state index < -0.39 is 0 Å². The average molecular weight is 152 g/mol. The molecule has 2 N–H and O–H groups in total. The molecule has 0 aliphatic carbocycles. The highest BCUT2D eigenvalue weighted by Crippen LogP contribution is 2.34. The minimum absolute atomic E-state index is 0.393. The van der Waals surface area contributed by atoms with Crippen molar-refractivity contribution in [3.63, 3.8) is 0 Å². The lowest BCUT2D eigenvalue weighted by Crippen LogP contribution is -2.07. The minimum Gasteiger partial charge on any atom is -0.255 e. The van der Waals surface area contributed by atoms with Crippen molar-refractivity contribution in [3.05, 3.63) is 0 Å². The lowest BCUT2D eigenvalue weighted by molar-refractivity contribution is 0.798. The first-order valence-corrected chi connectivity index (χ1v) is 4.00. The molecule has 1 aliphatic heterocycles. The van der Waals surface area contributed by atoms with Gasteiger partial charge in [-0.2, -0.15) is 4.52 Å². The third-order valence-corrected chi connectivity index (χ3v) is 2.66. The van der Waals surface area contributed by atoms with Gasteiger partial charge in [-0.25, -0.2) is 4.52 Å². The van der Waals surface area contributed by atoms with Crippen LogP contribution in [-0.2, 0) is 0 Å². The van der Waals surface area contributed by atoms with Crippen molar-refractivity contribution in [2.24, 2.45) is 14.9 Å². The SMILES string of the molecule is NN1P=NP=NP1. The summed E-state index contributed by atoms with van der Waals surface area (Å²) in [7, 11) is 2.05. The van der Waals surface area contributed by atoms with Gasteiger partial charge in [0, 0.05) is 0 Å². The van der Waals surface area contributed by atoms with Gasteiger partial charge in [-0.15, -0.1) is 4.55 Å². The Hall–Kier alpha value is 0.550. The van der Waals surface area contributed by atoms with Crippen LogP contribution in [-0.4, -0.2) is 4.55 Å². The normalized spacial score (nSPS) is 28.7. The second-order valence-corrected chi connectivity index (χ2v) is 4.18. The smallest absolute Gasteiger partial charge is 0.159 e. The molecule has 1 unspecified atom stereocenters. The minimum atomic E-state index is 0.393. The van der Waals surface area contributed by atoms with E-state index in [2.05, 4.69) is 9.03 Å². The van der Waals surface area contributed by atoms with E-state index in [1.807, 2.05) is 0 Å². The van der Waals surface area contributed by atoms with E-state index in [1.54, 1.807) is 4.55 Å². The molecule has 0 bridgehead atoms. The fraction of sp³-hybridized carbons (Fsp3) is 0. The summed E-state index contributed by atoms with van der Waals surface area (Å²) in [6.45, 7) is 0. The molecule has 1 atom stereocenters. The van der Waals surface area contributed by atoms with Crippen molar-refractivity contribution >= 4 is 25.9 Å². The fourth-order valence-corrected chi connectivity index (χ4v) is 2.58. The topological polar surface area (TPSA) is 54.0 Å². The maximum absolute atomic E-state index is 5.28. The molecule has 0 spiro atoms. The Morgan fingerprint density at radius 1 is 1.71 bits per heavy atom. The number of hydrogen-bond acceptors (Lipinski definition) is 4. The Labute approximate surface area is 46.2 Å². The standard InChI is InChI=1S/H3N4P3/c1-4-6-2-5-3-7-4/h6H,1H2. The van der Waals surface area contributed by atoms with Crippen molar-refractivity contribution in [2.75, 3.05) is 0 Å². The van der Waals surface area contributed by atoms with Gasteiger partial charge in [0.05, 0.1) is 0 Å². The first kappa shape index (κ1) is 5.68. The van der Waals surface area contributed by atoms with Gasteiger partial charge in [0.1, 0.15) is 17.4 Å². The van der Waals surface area contributed by atoms with Gasteiger partial charge in [-0.1, -0.05) is 0 Å². The van der Waals surface area contributed by atoms with Gasteiger partial charge in [0.15, 0.2) is 8.52 Å². The van der Waals surface area contributed by atoms with E-state index in [-0.39, 0.29) is 0 Å². The molecule has 4 nitrogen and oxygen atoms in total. The summed E-state index contributed by atoms with van der Waals surface area (Å²) in [5.74, 6) is 5.28. The Morgan fingerprint density at radius 3 is 2.86 bits per heavy atom. The monoisotopic (exact) mass is 152 g/mol. The highest BCUT2D eigenvalue weighted by Gasteiger charge is 1.93. The predicted molar refractivity (Wildman–Crippen MR) is 33.0 cm³/mol. The zero-order valence-corrected chi connectivity index (χ0v) is 6.10. The lowest BCUT2D eigenvalue weighted by Gasteiger charge is -2.03. The zero-order chi connectivity index (χ0) is 5.11. The van der Waals surface area contributed by atoms with Gasteiger partial charge in [0.2, 0.25) is 0 Å². The zero-order valence-electron chi connectivity index (χ0n) is 3.31. The molecule has 0 saturated carbocycles. The molecule has 0 aromatic rings. The van der Waals surface area contributed by atoms with Crippen molar-refractivity contribution in [1.82, 2.24) is 4.55 Å². The predicted octanol–water partition coefficient (Wildman–Crippen LogP) is 1.77. The summed E-state index contributed by atoms with van der Waals surface area (Å²) in [6, 6.07) is 0. The average Bonchev–Trinajstić information content (AvgIpc) is 1.69. The van der Waals surface area contributed by atoms with Crippen LogP contribution in [0.3, 0.4) is 0 Å². The van der Waals surface area contributed by atoms with Crippen LogP contribution in [0.4, 0.5) is 0 Å². The van der Waals surface area contributed by atoms with Crippen molar-refractivity contribution in [2.45, 2.75) is 0 Å². The molecule has 38 valence electrons. The van der Waals surface area contributed by atoms with Gasteiger partial charge in [-0.3, -0.25) is 5.84 Å². The van der Waals surface area contributed by atoms with Crippen LogP contribution in [0.2, 0.25) is 0 Å². The number of nitrogens with two attached hydrogens (primary N) is 1. The van der Waals surface area contributed by atoms with Crippen molar-refractivity contribution < 1.29 is 0 Å². The molecular formula is H3N4P3. The molecule has 1 heterocycles. The molecule has 0 aromatic heterocycles. The molecule has 7 heteroatoms. The van der Waals surface area contributed by atoms with Crippen molar-refractivity contribution in [3.8, 4) is 0 Å². The molecule has 1 aliphatic rings. The third-order valence-electron chi connectivity index (χ3n) is 0.368. The molecule has 1 rings (SSSR count). The van der Waals surface area contributed by atoms with Crippen LogP contribution in [0.1, 0.15) is 0 Å². The summed E-state index contributed by atoms with van der Waals surface area (Å²) in [4.78, 5) is 0. The molecule has 0 saturated heterocycles. The van der Waals surface area contributed by atoms with Crippen LogP contribution in [0.25, 0.3) is 0 Å². The molecule has 0 radical (unpaired) electrons. The largest absolute Gasteiger partial charge is 0.255 e. The maximum atomic E-state index is 5.28. The van der Waals surface area contributed by atoms with Crippen LogP contribution < -0.4 is 5.84 Å². The fourth-order valence-electron chi connectivity index (χ4n) is 0.167. The first-order chi connectivity index (χ1) is 3.39. The highest BCUT2D eigenvalue weighted by atomic mass is 31.2. The van der Waals surface area contributed by atoms with Gasteiger partial charge in [0.25, 0.3) is 0 Å². The second-order valence-electron chi connectivity index (χ2n) is 0.813. The van der Waals surface area contributed by atoms with E-state index in [1.165, 1.54) is 0 Å². The summed E-state index contributed by atoms with van der Waals surface area (Å²) < 4.78 is 9.28. The molecule has 7 heavy (non-hydrogen) atoms. The summed E-state index contributed by atoms with van der Waals surface area (Å²) in [6.07, 6.45) is 0. The summed E-state index contributed by atoms with van der Waals surface area (Å²) in [5.41, 5.74) is 0. The Morgan fingerprint density at radius 2 is 2.57 bits per heavy atom. The molecule has 0 fully saturated rings. The van der Waals surface area contributed by atoms with E-state index >= 15 is 0 Å². The molecule has 0 amide bonds. The van der Waals surface area contributed by atoms with E-state index in [0.717, 1.165) is 17.0 Å². The third kappa shape index (κ3) is 1.85. The van der Waals surface area contributed by atoms with Crippen LogP contribution >= 0.6 is 25.9 Å². The first-order valence-electron chi connectivity index (χ1n) is 1.51. The number of hydrogen-bond donors (Lipinski definition) is 1. The Bertz CT molecular complexity index is 106. The maximum Gasteiger partial charge on any atom is 0.159 e. The van der Waals surface area contributed by atoms with E-state index in [4.69, 9.17) is 5.84 Å².